The molecule has 0 saturated heterocycles. The van der Waals surface area contributed by atoms with E-state index < -0.39 is 13.4 Å². The SMILES string of the molecule is CCCCCC(N)P(=O)(OC(C)C)OC(C)C. The minimum absolute atomic E-state index is 0.142. The van der Waals surface area contributed by atoms with Crippen LogP contribution in [0.15, 0.2) is 0 Å². The van der Waals surface area contributed by atoms with Crippen molar-refractivity contribution in [2.24, 2.45) is 5.73 Å². The normalized spacial score (nSPS) is 14.6. The van der Waals surface area contributed by atoms with Crippen LogP contribution in [0, 0.1) is 0 Å². The molecule has 0 amide bonds. The molecule has 0 aromatic carbocycles. The molecule has 104 valence electrons. The van der Waals surface area contributed by atoms with E-state index in [1.165, 1.54) is 0 Å². The van der Waals surface area contributed by atoms with Crippen LogP contribution in [-0.4, -0.2) is 18.0 Å². The smallest absolute Gasteiger partial charge is 0.318 e. The Bertz CT molecular complexity index is 230. The highest BCUT2D eigenvalue weighted by atomic mass is 31.2. The molecule has 5 heteroatoms. The van der Waals surface area contributed by atoms with Crippen LogP contribution in [0.3, 0.4) is 0 Å². The highest BCUT2D eigenvalue weighted by Crippen LogP contribution is 2.54. The summed E-state index contributed by atoms with van der Waals surface area (Å²) >= 11 is 0. The standard InChI is InChI=1S/C12H28NO3P/c1-6-7-8-9-12(13)17(14,15-10(2)3)16-11(4)5/h10-12H,6-9,13H2,1-5H3. The lowest BCUT2D eigenvalue weighted by Gasteiger charge is -2.27. The molecule has 4 nitrogen and oxygen atoms in total. The second-order valence-corrected chi connectivity index (χ2v) is 7.08. The first kappa shape index (κ1) is 17.1. The maximum absolute atomic E-state index is 12.6. The number of unbranched alkanes of at least 4 members (excludes halogenated alkanes) is 2. The zero-order valence-electron chi connectivity index (χ0n) is 11.8. The Morgan fingerprint density at radius 3 is 1.88 bits per heavy atom. The van der Waals surface area contributed by atoms with Gasteiger partial charge >= 0.3 is 7.60 Å². The first-order valence-corrected chi connectivity index (χ1v) is 8.15. The third-order valence-corrected chi connectivity index (χ3v) is 4.73. The summed E-state index contributed by atoms with van der Waals surface area (Å²) in [6.45, 7) is 9.49. The highest BCUT2D eigenvalue weighted by molar-refractivity contribution is 7.54. The third-order valence-electron chi connectivity index (χ3n) is 2.23. The molecule has 0 aliphatic carbocycles. The maximum atomic E-state index is 12.6. The van der Waals surface area contributed by atoms with Gasteiger partial charge < -0.3 is 14.8 Å². The van der Waals surface area contributed by atoms with Gasteiger partial charge in [0.2, 0.25) is 0 Å². The lowest BCUT2D eigenvalue weighted by molar-refractivity contribution is 0.135. The molecule has 0 heterocycles. The minimum atomic E-state index is -3.19. The van der Waals surface area contributed by atoms with E-state index in [4.69, 9.17) is 14.8 Å². The van der Waals surface area contributed by atoms with Gasteiger partial charge in [-0.2, -0.15) is 0 Å². The Morgan fingerprint density at radius 1 is 1.06 bits per heavy atom. The van der Waals surface area contributed by atoms with Crippen LogP contribution in [0.4, 0.5) is 0 Å². The summed E-state index contributed by atoms with van der Waals surface area (Å²) in [5, 5.41) is 0. The van der Waals surface area contributed by atoms with E-state index >= 15 is 0 Å². The van der Waals surface area contributed by atoms with E-state index in [9.17, 15) is 4.57 Å². The second kappa shape index (κ2) is 8.25. The van der Waals surface area contributed by atoms with Crippen LogP contribution in [0.5, 0.6) is 0 Å². The molecule has 0 aromatic rings. The number of nitrogens with two attached hydrogens (primary N) is 1. The van der Waals surface area contributed by atoms with E-state index in [1.54, 1.807) is 0 Å². The molecule has 0 rings (SSSR count). The van der Waals surface area contributed by atoms with Crippen molar-refractivity contribution in [1.29, 1.82) is 0 Å². The zero-order chi connectivity index (χ0) is 13.5. The summed E-state index contributed by atoms with van der Waals surface area (Å²) in [7, 11) is -3.19. The van der Waals surface area contributed by atoms with E-state index in [2.05, 4.69) is 6.92 Å². The van der Waals surface area contributed by atoms with E-state index in [0.717, 1.165) is 19.3 Å². The Morgan fingerprint density at radius 2 is 1.53 bits per heavy atom. The van der Waals surface area contributed by atoms with Gasteiger partial charge in [-0.25, -0.2) is 0 Å². The van der Waals surface area contributed by atoms with Crippen LogP contribution >= 0.6 is 7.60 Å². The average molecular weight is 265 g/mol. The minimum Gasteiger partial charge on any atom is -0.318 e. The highest BCUT2D eigenvalue weighted by Gasteiger charge is 2.34. The number of hydrogen-bond donors (Lipinski definition) is 1. The second-order valence-electron chi connectivity index (χ2n) is 4.91. The van der Waals surface area contributed by atoms with Gasteiger partial charge in [0.15, 0.2) is 0 Å². The molecular weight excluding hydrogens is 237 g/mol. The van der Waals surface area contributed by atoms with E-state index in [0.29, 0.717) is 6.42 Å². The summed E-state index contributed by atoms with van der Waals surface area (Å²) in [5.41, 5.74) is 5.98. The first-order valence-electron chi connectivity index (χ1n) is 6.54. The van der Waals surface area contributed by atoms with Crippen molar-refractivity contribution in [2.45, 2.75) is 78.3 Å². The molecule has 0 radical (unpaired) electrons. The van der Waals surface area contributed by atoms with Crippen LogP contribution in [0.25, 0.3) is 0 Å². The van der Waals surface area contributed by atoms with Crippen molar-refractivity contribution >= 4 is 7.60 Å². The van der Waals surface area contributed by atoms with Crippen LogP contribution in [0.1, 0.15) is 60.3 Å². The summed E-state index contributed by atoms with van der Waals surface area (Å²) in [5.74, 6) is -0.515. The van der Waals surface area contributed by atoms with E-state index in [1.807, 2.05) is 27.7 Å². The fraction of sp³-hybridized carbons (Fsp3) is 1.00. The predicted molar refractivity (Wildman–Crippen MR) is 72.2 cm³/mol. The van der Waals surface area contributed by atoms with Crippen molar-refractivity contribution in [1.82, 2.24) is 0 Å². The number of rotatable bonds is 9. The van der Waals surface area contributed by atoms with Gasteiger partial charge in [-0.05, 0) is 34.1 Å². The summed E-state index contributed by atoms with van der Waals surface area (Å²) in [4.78, 5) is 0. The largest absolute Gasteiger partial charge is 0.347 e. The fourth-order valence-corrected chi connectivity index (χ4v) is 3.57. The van der Waals surface area contributed by atoms with Crippen molar-refractivity contribution in [3.8, 4) is 0 Å². The Kier molecular flexibility index (Phi) is 8.31. The lowest BCUT2D eigenvalue weighted by atomic mass is 10.2. The third kappa shape index (κ3) is 7.20. The van der Waals surface area contributed by atoms with Gasteiger partial charge in [0.05, 0.1) is 12.2 Å². The van der Waals surface area contributed by atoms with Gasteiger partial charge in [-0.3, -0.25) is 4.57 Å². The molecule has 0 fully saturated rings. The van der Waals surface area contributed by atoms with Crippen LogP contribution in [0.2, 0.25) is 0 Å². The molecule has 2 N–H and O–H groups in total. The predicted octanol–water partition coefficient (Wildman–Crippen LogP) is 3.89. The Labute approximate surface area is 106 Å². The molecule has 0 bridgehead atoms. The van der Waals surface area contributed by atoms with Crippen molar-refractivity contribution in [3.05, 3.63) is 0 Å². The molecular formula is C12H28NO3P. The Hall–Kier alpha value is 0.110. The van der Waals surface area contributed by atoms with Gasteiger partial charge in [0, 0.05) is 0 Å². The molecule has 0 aromatic heterocycles. The van der Waals surface area contributed by atoms with Gasteiger partial charge in [-0.1, -0.05) is 26.2 Å². The van der Waals surface area contributed by atoms with E-state index in [-0.39, 0.29) is 12.2 Å². The quantitative estimate of drug-likeness (QED) is 0.507. The summed E-state index contributed by atoms with van der Waals surface area (Å²) in [6, 6.07) is 0. The monoisotopic (exact) mass is 265 g/mol. The van der Waals surface area contributed by atoms with Gasteiger partial charge in [0.1, 0.15) is 5.78 Å². The van der Waals surface area contributed by atoms with Crippen LogP contribution < -0.4 is 5.73 Å². The molecule has 0 aliphatic heterocycles. The Balaban J connectivity index is 4.49. The van der Waals surface area contributed by atoms with Gasteiger partial charge in [-0.15, -0.1) is 0 Å². The molecule has 17 heavy (non-hydrogen) atoms. The summed E-state index contributed by atoms with van der Waals surface area (Å²) in [6.07, 6.45) is 3.58. The van der Waals surface area contributed by atoms with Crippen LogP contribution in [-0.2, 0) is 13.6 Å². The lowest BCUT2D eigenvalue weighted by Crippen LogP contribution is -2.25. The zero-order valence-corrected chi connectivity index (χ0v) is 12.7. The first-order chi connectivity index (χ1) is 7.81. The maximum Gasteiger partial charge on any atom is 0.347 e. The molecule has 0 spiro atoms. The summed E-state index contributed by atoms with van der Waals surface area (Å²) < 4.78 is 23.5. The van der Waals surface area contributed by atoms with Crippen molar-refractivity contribution in [3.63, 3.8) is 0 Å². The van der Waals surface area contributed by atoms with Crippen molar-refractivity contribution in [2.75, 3.05) is 0 Å². The van der Waals surface area contributed by atoms with Crippen molar-refractivity contribution < 1.29 is 13.6 Å². The molecule has 1 unspecified atom stereocenters. The van der Waals surface area contributed by atoms with Gasteiger partial charge in [0.25, 0.3) is 0 Å². The topological polar surface area (TPSA) is 61.6 Å². The molecule has 0 aliphatic rings. The number of hydrogen-bond acceptors (Lipinski definition) is 4. The molecule has 1 atom stereocenters. The average Bonchev–Trinajstić information content (AvgIpc) is 2.15. The fourth-order valence-electron chi connectivity index (χ4n) is 1.53. The molecule has 0 saturated carbocycles.